The van der Waals surface area contributed by atoms with Crippen LogP contribution in [0.4, 0.5) is 0 Å². The maximum Gasteiger partial charge on any atom is 0.174 e. The Bertz CT molecular complexity index is 905. The number of allylic oxidation sites excluding steroid dienone is 4. The summed E-state index contributed by atoms with van der Waals surface area (Å²) >= 11 is 0. The van der Waals surface area contributed by atoms with E-state index in [9.17, 15) is 9.90 Å². The maximum atomic E-state index is 13.5. The lowest BCUT2D eigenvalue weighted by molar-refractivity contribution is 0.0889. The molecule has 2 atom stereocenters. The number of carbonyl (C=O) groups excluding carboxylic acids is 1. The van der Waals surface area contributed by atoms with Gasteiger partial charge >= 0.3 is 0 Å². The molecule has 3 nitrogen and oxygen atoms in total. The van der Waals surface area contributed by atoms with Crippen molar-refractivity contribution in [2.24, 2.45) is 5.92 Å². The van der Waals surface area contributed by atoms with Gasteiger partial charge in [-0.15, -0.1) is 0 Å². The largest absolute Gasteiger partial charge is 0.507 e. The average Bonchev–Trinajstić information content (AvgIpc) is 2.73. The zero-order valence-electron chi connectivity index (χ0n) is 17.5. The predicted molar refractivity (Wildman–Crippen MR) is 118 cm³/mol. The van der Waals surface area contributed by atoms with Gasteiger partial charge in [0, 0.05) is 5.92 Å². The molecule has 0 amide bonds. The first kappa shape index (κ1) is 20.9. The van der Waals surface area contributed by atoms with Crippen LogP contribution in [-0.2, 0) is 0 Å². The van der Waals surface area contributed by atoms with Gasteiger partial charge in [-0.2, -0.15) is 0 Å². The number of benzene rings is 2. The summed E-state index contributed by atoms with van der Waals surface area (Å²) in [6.07, 6.45) is 8.10. The lowest BCUT2D eigenvalue weighted by Crippen LogP contribution is -2.26. The molecule has 0 radical (unpaired) electrons. The van der Waals surface area contributed by atoms with Gasteiger partial charge in [0.15, 0.2) is 5.78 Å². The van der Waals surface area contributed by atoms with E-state index >= 15 is 0 Å². The van der Waals surface area contributed by atoms with E-state index in [4.69, 9.17) is 4.74 Å². The molecule has 0 saturated carbocycles. The Kier molecular flexibility index (Phi) is 6.92. The Balaban J connectivity index is 1.92. The molecule has 29 heavy (non-hydrogen) atoms. The molecule has 0 heterocycles. The quantitative estimate of drug-likeness (QED) is 0.436. The van der Waals surface area contributed by atoms with Crippen molar-refractivity contribution in [3.8, 4) is 11.5 Å². The first-order valence-corrected chi connectivity index (χ1v) is 10.3. The average molecular weight is 391 g/mol. The molecule has 2 aromatic carbocycles. The van der Waals surface area contributed by atoms with Crippen molar-refractivity contribution in [2.75, 3.05) is 7.11 Å². The van der Waals surface area contributed by atoms with Gasteiger partial charge in [-0.3, -0.25) is 4.79 Å². The summed E-state index contributed by atoms with van der Waals surface area (Å²) < 4.78 is 5.37. The van der Waals surface area contributed by atoms with Gasteiger partial charge < -0.3 is 9.84 Å². The number of Topliss-reactive ketones (excluding diaryl/α,β-unsaturated/α-hetero) is 1. The van der Waals surface area contributed by atoms with Crippen LogP contribution in [0.5, 0.6) is 11.5 Å². The number of phenols is 1. The van der Waals surface area contributed by atoms with Crippen molar-refractivity contribution in [3.05, 3.63) is 83.0 Å². The number of ether oxygens (including phenoxy) is 1. The smallest absolute Gasteiger partial charge is 0.174 e. The van der Waals surface area contributed by atoms with Crippen molar-refractivity contribution < 1.29 is 14.6 Å². The zero-order valence-corrected chi connectivity index (χ0v) is 17.5. The molecule has 0 bridgehead atoms. The summed E-state index contributed by atoms with van der Waals surface area (Å²) in [5.41, 5.74) is 4.21. The van der Waals surface area contributed by atoms with Crippen molar-refractivity contribution in [2.45, 2.75) is 45.4 Å². The molecule has 2 aromatic rings. The van der Waals surface area contributed by atoms with Gasteiger partial charge in [-0.1, -0.05) is 59.7 Å². The highest BCUT2D eigenvalue weighted by Gasteiger charge is 2.35. The molecular weight excluding hydrogens is 360 g/mol. The van der Waals surface area contributed by atoms with E-state index in [0.29, 0.717) is 17.7 Å². The lowest BCUT2D eigenvalue weighted by atomic mass is 9.72. The number of aromatic hydroxyl groups is 1. The molecule has 0 saturated heterocycles. The summed E-state index contributed by atoms with van der Waals surface area (Å²) in [6.45, 7) is 4.24. The molecule has 0 fully saturated rings. The third-order valence-electron chi connectivity index (χ3n) is 5.68. The fourth-order valence-electron chi connectivity index (χ4n) is 4.18. The molecule has 1 aliphatic rings. The van der Waals surface area contributed by atoms with Gasteiger partial charge in [0.05, 0.1) is 7.11 Å². The van der Waals surface area contributed by atoms with E-state index < -0.39 is 0 Å². The first-order valence-electron chi connectivity index (χ1n) is 10.3. The summed E-state index contributed by atoms with van der Waals surface area (Å²) in [4.78, 5) is 13.5. The third-order valence-corrected chi connectivity index (χ3v) is 5.68. The van der Waals surface area contributed by atoms with Crippen molar-refractivity contribution >= 4 is 5.78 Å². The minimum atomic E-state index is -0.216. The Morgan fingerprint density at radius 3 is 2.59 bits per heavy atom. The van der Waals surface area contributed by atoms with Gasteiger partial charge in [0.1, 0.15) is 17.1 Å². The number of phenolic OH excluding ortho intramolecular Hbond substituents is 1. The van der Waals surface area contributed by atoms with Gasteiger partial charge in [0.2, 0.25) is 0 Å². The molecule has 1 N–H and O–H groups in total. The molecule has 3 heteroatoms. The monoisotopic (exact) mass is 390 g/mol. The highest BCUT2D eigenvalue weighted by Crippen LogP contribution is 2.43. The van der Waals surface area contributed by atoms with E-state index in [1.165, 1.54) is 23.8 Å². The number of rotatable bonds is 7. The molecule has 0 spiro atoms. The fraction of sp³-hybridized carbons (Fsp3) is 0.346. The van der Waals surface area contributed by atoms with Crippen molar-refractivity contribution in [1.29, 1.82) is 0 Å². The highest BCUT2D eigenvalue weighted by atomic mass is 16.5. The van der Waals surface area contributed by atoms with E-state index in [-0.39, 0.29) is 23.4 Å². The summed E-state index contributed by atoms with van der Waals surface area (Å²) in [7, 11) is 1.53. The van der Waals surface area contributed by atoms with Crippen LogP contribution in [0, 0.1) is 5.92 Å². The van der Waals surface area contributed by atoms with Gasteiger partial charge in [0.25, 0.3) is 0 Å². The van der Waals surface area contributed by atoms with Crippen LogP contribution >= 0.6 is 0 Å². The Morgan fingerprint density at radius 2 is 1.90 bits per heavy atom. The van der Waals surface area contributed by atoms with Crippen LogP contribution in [0.1, 0.15) is 61.4 Å². The molecule has 0 aliphatic heterocycles. The van der Waals surface area contributed by atoms with Crippen molar-refractivity contribution in [1.82, 2.24) is 0 Å². The molecule has 152 valence electrons. The molecule has 1 aliphatic carbocycles. The van der Waals surface area contributed by atoms with Crippen LogP contribution in [0.3, 0.4) is 0 Å². The summed E-state index contributed by atoms with van der Waals surface area (Å²) in [5.74, 6) is 0.250. The fourth-order valence-corrected chi connectivity index (χ4v) is 4.18. The summed E-state index contributed by atoms with van der Waals surface area (Å²) in [5, 5.41) is 10.4. The van der Waals surface area contributed by atoms with E-state index in [1.807, 2.05) is 18.2 Å². The number of hydrogen-bond donors (Lipinski definition) is 1. The van der Waals surface area contributed by atoms with Crippen LogP contribution in [0.25, 0.3) is 0 Å². The second kappa shape index (κ2) is 9.60. The highest BCUT2D eigenvalue weighted by molar-refractivity contribution is 6.03. The van der Waals surface area contributed by atoms with Gasteiger partial charge in [-0.05, 0) is 63.1 Å². The minimum absolute atomic E-state index is 0.0144. The van der Waals surface area contributed by atoms with Crippen LogP contribution < -0.4 is 4.74 Å². The Labute approximate surface area is 173 Å². The number of carbonyl (C=O) groups is 1. The summed E-state index contributed by atoms with van der Waals surface area (Å²) in [6, 6.07) is 15.2. The second-order valence-electron chi connectivity index (χ2n) is 7.96. The number of ketones is 1. The Morgan fingerprint density at radius 1 is 1.14 bits per heavy atom. The Hall–Kier alpha value is -2.81. The van der Waals surface area contributed by atoms with E-state index in [2.05, 4.69) is 38.1 Å². The normalized spacial score (nSPS) is 18.7. The first-order chi connectivity index (χ1) is 14.0. The maximum absolute atomic E-state index is 13.5. The third kappa shape index (κ3) is 4.97. The lowest BCUT2D eigenvalue weighted by Gasteiger charge is -2.31. The zero-order chi connectivity index (χ0) is 20.8. The van der Waals surface area contributed by atoms with E-state index in [0.717, 1.165) is 19.3 Å². The molecule has 0 aromatic heterocycles. The number of methoxy groups -OCH3 is 1. The minimum Gasteiger partial charge on any atom is -0.507 e. The predicted octanol–water partition coefficient (Wildman–Crippen LogP) is 6.45. The van der Waals surface area contributed by atoms with Crippen LogP contribution in [-0.4, -0.2) is 18.0 Å². The molecular formula is C26H30O3. The SMILES string of the molecule is COc1cccc(O)c1C(=O)[C@@H]1CC=C(CCC=C(C)C)C[C@H]1c1ccccc1. The van der Waals surface area contributed by atoms with Crippen molar-refractivity contribution in [3.63, 3.8) is 0 Å². The van der Waals surface area contributed by atoms with Crippen LogP contribution in [0.15, 0.2) is 71.8 Å². The topological polar surface area (TPSA) is 46.5 Å². The van der Waals surface area contributed by atoms with Gasteiger partial charge in [-0.25, -0.2) is 0 Å². The molecule has 3 rings (SSSR count). The molecule has 0 unspecified atom stereocenters. The number of hydrogen-bond acceptors (Lipinski definition) is 3. The van der Waals surface area contributed by atoms with Crippen LogP contribution in [0.2, 0.25) is 0 Å². The second-order valence-corrected chi connectivity index (χ2v) is 7.96. The standard InChI is InChI=1S/C26H30O3/c1-18(2)9-7-10-19-15-16-21(22(17-19)20-11-5-4-6-12-20)26(28)25-23(27)13-8-14-24(25)29-3/h4-6,8-9,11-15,21-22,27H,7,10,16-17H2,1-3H3/t21-,22+/m1/s1. The van der Waals surface area contributed by atoms with E-state index in [1.54, 1.807) is 18.2 Å².